The Bertz CT molecular complexity index is 549. The fourth-order valence-electron chi connectivity index (χ4n) is 2.48. The highest BCUT2D eigenvalue weighted by molar-refractivity contribution is 5.20. The van der Waals surface area contributed by atoms with E-state index >= 15 is 0 Å². The molecule has 0 N–H and O–H groups in total. The van der Waals surface area contributed by atoms with Crippen LogP contribution in [-0.4, -0.2) is 21.4 Å². The molecule has 0 saturated heterocycles. The molecular formula is C14H17N3O. The lowest BCUT2D eigenvalue weighted by atomic mass is 10.0. The molecule has 0 spiro atoms. The zero-order valence-electron chi connectivity index (χ0n) is 10.8. The van der Waals surface area contributed by atoms with Crippen molar-refractivity contribution in [3.63, 3.8) is 0 Å². The van der Waals surface area contributed by atoms with Gasteiger partial charge >= 0.3 is 0 Å². The average Bonchev–Trinajstić information content (AvgIpc) is 2.84. The minimum atomic E-state index is 0.298. The van der Waals surface area contributed by atoms with E-state index in [9.17, 15) is 0 Å². The van der Waals surface area contributed by atoms with Crippen LogP contribution in [0.2, 0.25) is 0 Å². The van der Waals surface area contributed by atoms with E-state index in [4.69, 9.17) is 4.42 Å². The second kappa shape index (κ2) is 4.53. The molecule has 3 heterocycles. The molecule has 0 aliphatic carbocycles. The van der Waals surface area contributed by atoms with Gasteiger partial charge in [0.05, 0.1) is 6.04 Å². The minimum absolute atomic E-state index is 0.298. The van der Waals surface area contributed by atoms with Crippen LogP contribution in [0.3, 0.4) is 0 Å². The van der Waals surface area contributed by atoms with Crippen LogP contribution < -0.4 is 0 Å². The summed E-state index contributed by atoms with van der Waals surface area (Å²) >= 11 is 0. The maximum atomic E-state index is 5.71. The van der Waals surface area contributed by atoms with Crippen LogP contribution in [0.15, 0.2) is 29.1 Å². The van der Waals surface area contributed by atoms with Gasteiger partial charge < -0.3 is 4.42 Å². The predicted molar refractivity (Wildman–Crippen MR) is 68.0 cm³/mol. The van der Waals surface area contributed by atoms with E-state index in [0.29, 0.717) is 6.04 Å². The highest BCUT2D eigenvalue weighted by Crippen LogP contribution is 2.27. The number of hydrogen-bond donors (Lipinski definition) is 0. The second-order valence-electron chi connectivity index (χ2n) is 4.84. The number of nitrogens with zero attached hydrogens (tertiary/aromatic N) is 3. The molecule has 1 aliphatic heterocycles. The van der Waals surface area contributed by atoms with Crippen LogP contribution in [0.1, 0.15) is 35.7 Å². The molecule has 1 aliphatic rings. The van der Waals surface area contributed by atoms with E-state index in [1.165, 1.54) is 11.3 Å². The summed E-state index contributed by atoms with van der Waals surface area (Å²) in [6.07, 6.45) is 4.55. The maximum absolute atomic E-state index is 5.71. The van der Waals surface area contributed by atoms with E-state index in [0.717, 1.165) is 31.0 Å². The summed E-state index contributed by atoms with van der Waals surface area (Å²) in [6.45, 7) is 6.09. The average molecular weight is 243 g/mol. The van der Waals surface area contributed by atoms with Crippen LogP contribution in [0.25, 0.3) is 0 Å². The van der Waals surface area contributed by atoms with Gasteiger partial charge in [0.25, 0.3) is 0 Å². The standard InChI is InChI=1S/C14H17N3O/c1-10-3-4-14(18-10)11(2)17-6-5-13-12(8-17)7-15-9-16-13/h3-4,7,9,11H,5-6,8H2,1-2H3. The van der Waals surface area contributed by atoms with Crippen molar-refractivity contribution in [2.45, 2.75) is 32.9 Å². The largest absolute Gasteiger partial charge is 0.465 e. The SMILES string of the molecule is Cc1ccc(C(C)N2CCc3ncncc3C2)o1. The Kier molecular flexibility index (Phi) is 2.88. The normalized spacial score (nSPS) is 17.4. The molecule has 0 saturated carbocycles. The van der Waals surface area contributed by atoms with Gasteiger partial charge in [0.1, 0.15) is 17.8 Å². The zero-order valence-corrected chi connectivity index (χ0v) is 10.8. The highest BCUT2D eigenvalue weighted by Gasteiger charge is 2.24. The predicted octanol–water partition coefficient (Wildman–Crippen LogP) is 2.50. The van der Waals surface area contributed by atoms with Crippen molar-refractivity contribution in [3.05, 3.63) is 47.4 Å². The van der Waals surface area contributed by atoms with E-state index in [2.05, 4.69) is 27.9 Å². The fourth-order valence-corrected chi connectivity index (χ4v) is 2.48. The summed E-state index contributed by atoms with van der Waals surface area (Å²) in [7, 11) is 0. The van der Waals surface area contributed by atoms with E-state index in [-0.39, 0.29) is 0 Å². The molecule has 0 fully saturated rings. The topological polar surface area (TPSA) is 42.2 Å². The third-order valence-electron chi connectivity index (χ3n) is 3.61. The lowest BCUT2D eigenvalue weighted by molar-refractivity contribution is 0.168. The first-order valence-electron chi connectivity index (χ1n) is 6.32. The molecule has 1 unspecified atom stereocenters. The van der Waals surface area contributed by atoms with Crippen molar-refractivity contribution < 1.29 is 4.42 Å². The summed E-state index contributed by atoms with van der Waals surface area (Å²) < 4.78 is 5.71. The van der Waals surface area contributed by atoms with Gasteiger partial charge in [-0.15, -0.1) is 0 Å². The molecule has 1 atom stereocenters. The Morgan fingerprint density at radius 2 is 2.28 bits per heavy atom. The summed E-state index contributed by atoms with van der Waals surface area (Å²) in [6, 6.07) is 4.39. The Morgan fingerprint density at radius 1 is 1.39 bits per heavy atom. The van der Waals surface area contributed by atoms with Crippen molar-refractivity contribution in [2.75, 3.05) is 6.54 Å². The van der Waals surface area contributed by atoms with E-state index in [1.807, 2.05) is 19.2 Å². The van der Waals surface area contributed by atoms with Crippen molar-refractivity contribution in [1.82, 2.24) is 14.9 Å². The molecule has 18 heavy (non-hydrogen) atoms. The van der Waals surface area contributed by atoms with Crippen molar-refractivity contribution in [2.24, 2.45) is 0 Å². The zero-order chi connectivity index (χ0) is 12.5. The van der Waals surface area contributed by atoms with Gasteiger partial charge in [-0.3, -0.25) is 4.90 Å². The quantitative estimate of drug-likeness (QED) is 0.812. The van der Waals surface area contributed by atoms with Crippen LogP contribution >= 0.6 is 0 Å². The van der Waals surface area contributed by atoms with Crippen LogP contribution in [-0.2, 0) is 13.0 Å². The van der Waals surface area contributed by atoms with Crippen molar-refractivity contribution in [3.8, 4) is 0 Å². The van der Waals surface area contributed by atoms with Crippen LogP contribution in [0, 0.1) is 6.92 Å². The minimum Gasteiger partial charge on any atom is -0.465 e. The number of furan rings is 1. The Labute approximate surface area is 107 Å². The van der Waals surface area contributed by atoms with Gasteiger partial charge in [0, 0.05) is 37.0 Å². The maximum Gasteiger partial charge on any atom is 0.121 e. The van der Waals surface area contributed by atoms with Gasteiger partial charge in [-0.2, -0.15) is 0 Å². The monoisotopic (exact) mass is 243 g/mol. The summed E-state index contributed by atoms with van der Waals surface area (Å²) in [4.78, 5) is 10.8. The molecule has 0 amide bonds. The first kappa shape index (κ1) is 11.4. The smallest absolute Gasteiger partial charge is 0.121 e. The Balaban J connectivity index is 1.79. The Hall–Kier alpha value is -1.68. The Morgan fingerprint density at radius 3 is 3.06 bits per heavy atom. The van der Waals surface area contributed by atoms with Crippen molar-refractivity contribution in [1.29, 1.82) is 0 Å². The number of fused-ring (bicyclic) bond motifs is 1. The van der Waals surface area contributed by atoms with Crippen LogP contribution in [0.5, 0.6) is 0 Å². The lowest BCUT2D eigenvalue weighted by Gasteiger charge is -2.31. The number of rotatable bonds is 2. The highest BCUT2D eigenvalue weighted by atomic mass is 16.3. The molecule has 0 bridgehead atoms. The van der Waals surface area contributed by atoms with Crippen LogP contribution in [0.4, 0.5) is 0 Å². The fraction of sp³-hybridized carbons (Fsp3) is 0.429. The lowest BCUT2D eigenvalue weighted by Crippen LogP contribution is -2.33. The number of aryl methyl sites for hydroxylation is 1. The molecule has 3 rings (SSSR count). The third kappa shape index (κ3) is 2.04. The van der Waals surface area contributed by atoms with Crippen molar-refractivity contribution >= 4 is 0 Å². The molecule has 2 aromatic heterocycles. The van der Waals surface area contributed by atoms with Gasteiger partial charge in [0.15, 0.2) is 0 Å². The summed E-state index contributed by atoms with van der Waals surface area (Å²) in [5, 5.41) is 0. The third-order valence-corrected chi connectivity index (χ3v) is 3.61. The van der Waals surface area contributed by atoms with Gasteiger partial charge in [-0.25, -0.2) is 9.97 Å². The molecule has 2 aromatic rings. The summed E-state index contributed by atoms with van der Waals surface area (Å²) in [5.74, 6) is 2.00. The first-order chi connectivity index (χ1) is 8.74. The molecular weight excluding hydrogens is 226 g/mol. The first-order valence-corrected chi connectivity index (χ1v) is 6.32. The van der Waals surface area contributed by atoms with Gasteiger partial charge in [-0.05, 0) is 26.0 Å². The number of aromatic nitrogens is 2. The second-order valence-corrected chi connectivity index (χ2v) is 4.84. The van der Waals surface area contributed by atoms with Gasteiger partial charge in [-0.1, -0.05) is 0 Å². The molecule has 4 heteroatoms. The van der Waals surface area contributed by atoms with Gasteiger partial charge in [0.2, 0.25) is 0 Å². The van der Waals surface area contributed by atoms with E-state index < -0.39 is 0 Å². The number of hydrogen-bond acceptors (Lipinski definition) is 4. The molecule has 0 radical (unpaired) electrons. The summed E-state index contributed by atoms with van der Waals surface area (Å²) in [5.41, 5.74) is 2.42. The molecule has 94 valence electrons. The molecule has 0 aromatic carbocycles. The van der Waals surface area contributed by atoms with E-state index in [1.54, 1.807) is 6.33 Å². The molecule has 4 nitrogen and oxygen atoms in total.